The average Bonchev–Trinajstić information content (AvgIpc) is 2.12. The molecule has 1 aliphatic rings. The molecule has 1 aliphatic heterocycles. The molecule has 1 aromatic carbocycles. The minimum atomic E-state index is -0.547. The third-order valence-electron chi connectivity index (χ3n) is 2.89. The fraction of sp³-hybridized carbons (Fsp3) is 0.417. The standard InChI is InChI=1S/C12H15BrN2O/c1-7-5-8(13)6-9-10(7)15(4)11(16)12(2,3)14-9/h5-6,14H,1-4H3. The van der Waals surface area contributed by atoms with Crippen LogP contribution in [0, 0.1) is 6.92 Å². The van der Waals surface area contributed by atoms with Gasteiger partial charge in [-0.3, -0.25) is 4.79 Å². The quantitative estimate of drug-likeness (QED) is 0.794. The van der Waals surface area contributed by atoms with Gasteiger partial charge in [0.15, 0.2) is 0 Å². The topological polar surface area (TPSA) is 32.3 Å². The maximum atomic E-state index is 12.1. The molecule has 4 heteroatoms. The van der Waals surface area contributed by atoms with E-state index >= 15 is 0 Å². The van der Waals surface area contributed by atoms with Crippen LogP contribution in [0.3, 0.4) is 0 Å². The SMILES string of the molecule is Cc1cc(Br)cc2c1N(C)C(=O)C(C)(C)N2. The highest BCUT2D eigenvalue weighted by molar-refractivity contribution is 9.10. The Morgan fingerprint density at radius 3 is 2.62 bits per heavy atom. The molecule has 0 radical (unpaired) electrons. The first kappa shape index (κ1) is 11.5. The van der Waals surface area contributed by atoms with Crippen molar-refractivity contribution in [2.75, 3.05) is 17.3 Å². The van der Waals surface area contributed by atoms with Crippen molar-refractivity contribution in [3.8, 4) is 0 Å². The number of carbonyl (C=O) groups is 1. The number of nitrogens with zero attached hydrogens (tertiary/aromatic N) is 1. The summed E-state index contributed by atoms with van der Waals surface area (Å²) in [4.78, 5) is 13.8. The van der Waals surface area contributed by atoms with Gasteiger partial charge in [-0.05, 0) is 38.5 Å². The molecule has 1 heterocycles. The molecule has 1 N–H and O–H groups in total. The van der Waals surface area contributed by atoms with E-state index in [-0.39, 0.29) is 5.91 Å². The molecule has 16 heavy (non-hydrogen) atoms. The van der Waals surface area contributed by atoms with E-state index in [1.807, 2.05) is 40.0 Å². The van der Waals surface area contributed by atoms with Gasteiger partial charge in [0.05, 0.1) is 11.4 Å². The average molecular weight is 283 g/mol. The molecule has 0 aliphatic carbocycles. The predicted octanol–water partition coefficient (Wildman–Crippen LogP) is 2.92. The lowest BCUT2D eigenvalue weighted by Gasteiger charge is -2.39. The summed E-state index contributed by atoms with van der Waals surface area (Å²) in [6.45, 7) is 5.80. The maximum Gasteiger partial charge on any atom is 0.251 e. The summed E-state index contributed by atoms with van der Waals surface area (Å²) in [5.74, 6) is 0.0884. The highest BCUT2D eigenvalue weighted by Gasteiger charge is 2.37. The van der Waals surface area contributed by atoms with E-state index in [1.165, 1.54) is 0 Å². The van der Waals surface area contributed by atoms with Crippen molar-refractivity contribution in [2.24, 2.45) is 0 Å². The Hall–Kier alpha value is -1.03. The van der Waals surface area contributed by atoms with Gasteiger partial charge in [0.1, 0.15) is 5.54 Å². The molecule has 2 rings (SSSR count). The Labute approximate surface area is 104 Å². The van der Waals surface area contributed by atoms with Crippen molar-refractivity contribution in [3.05, 3.63) is 22.2 Å². The van der Waals surface area contributed by atoms with Gasteiger partial charge in [-0.1, -0.05) is 15.9 Å². The van der Waals surface area contributed by atoms with E-state index in [0.717, 1.165) is 21.4 Å². The van der Waals surface area contributed by atoms with Gasteiger partial charge in [0.2, 0.25) is 0 Å². The molecule has 0 atom stereocenters. The molecule has 0 unspecified atom stereocenters. The van der Waals surface area contributed by atoms with Gasteiger partial charge >= 0.3 is 0 Å². The van der Waals surface area contributed by atoms with Crippen LogP contribution in [0.5, 0.6) is 0 Å². The number of halogens is 1. The Morgan fingerprint density at radius 1 is 1.38 bits per heavy atom. The maximum absolute atomic E-state index is 12.1. The van der Waals surface area contributed by atoms with Gasteiger partial charge in [0, 0.05) is 11.5 Å². The number of hydrogen-bond acceptors (Lipinski definition) is 2. The third kappa shape index (κ3) is 1.61. The second-order valence-electron chi connectivity index (χ2n) is 4.73. The van der Waals surface area contributed by atoms with Crippen molar-refractivity contribution >= 4 is 33.2 Å². The summed E-state index contributed by atoms with van der Waals surface area (Å²) >= 11 is 3.47. The van der Waals surface area contributed by atoms with Crippen molar-refractivity contribution in [3.63, 3.8) is 0 Å². The van der Waals surface area contributed by atoms with Gasteiger partial charge in [-0.25, -0.2) is 0 Å². The number of anilines is 2. The van der Waals surface area contributed by atoms with Crippen molar-refractivity contribution < 1.29 is 4.79 Å². The number of likely N-dealkylation sites (N-methyl/N-ethyl adjacent to an activating group) is 1. The Kier molecular flexibility index (Phi) is 2.49. The molecule has 0 saturated carbocycles. The zero-order valence-electron chi connectivity index (χ0n) is 9.89. The van der Waals surface area contributed by atoms with Crippen molar-refractivity contribution in [1.29, 1.82) is 0 Å². The lowest BCUT2D eigenvalue weighted by molar-refractivity contribution is -0.121. The highest BCUT2D eigenvalue weighted by atomic mass is 79.9. The van der Waals surface area contributed by atoms with Crippen LogP contribution in [0.2, 0.25) is 0 Å². The molecule has 3 nitrogen and oxygen atoms in total. The van der Waals surface area contributed by atoms with Crippen molar-refractivity contribution in [2.45, 2.75) is 26.3 Å². The van der Waals surface area contributed by atoms with Gasteiger partial charge < -0.3 is 10.2 Å². The first-order valence-corrected chi connectivity index (χ1v) is 5.99. The predicted molar refractivity (Wildman–Crippen MR) is 70.0 cm³/mol. The zero-order valence-corrected chi connectivity index (χ0v) is 11.5. The highest BCUT2D eigenvalue weighted by Crippen LogP contribution is 2.38. The van der Waals surface area contributed by atoms with Gasteiger partial charge in [-0.2, -0.15) is 0 Å². The van der Waals surface area contributed by atoms with Crippen LogP contribution in [-0.2, 0) is 4.79 Å². The van der Waals surface area contributed by atoms with Crippen LogP contribution in [0.1, 0.15) is 19.4 Å². The number of fused-ring (bicyclic) bond motifs is 1. The number of aryl methyl sites for hydroxylation is 1. The van der Waals surface area contributed by atoms with Crippen LogP contribution >= 0.6 is 15.9 Å². The second-order valence-corrected chi connectivity index (χ2v) is 5.65. The monoisotopic (exact) mass is 282 g/mol. The Bertz CT molecular complexity index is 468. The fourth-order valence-electron chi connectivity index (χ4n) is 2.19. The number of hydrogen-bond donors (Lipinski definition) is 1. The third-order valence-corrected chi connectivity index (χ3v) is 3.34. The van der Waals surface area contributed by atoms with E-state index < -0.39 is 5.54 Å². The Balaban J connectivity index is 2.64. The number of nitrogens with one attached hydrogen (secondary N) is 1. The van der Waals surface area contributed by atoms with E-state index in [0.29, 0.717) is 0 Å². The number of amides is 1. The van der Waals surface area contributed by atoms with E-state index in [1.54, 1.807) is 4.90 Å². The summed E-state index contributed by atoms with van der Waals surface area (Å²) in [5, 5.41) is 3.28. The van der Waals surface area contributed by atoms with E-state index in [4.69, 9.17) is 0 Å². The van der Waals surface area contributed by atoms with Gasteiger partial charge in [-0.15, -0.1) is 0 Å². The summed E-state index contributed by atoms with van der Waals surface area (Å²) in [6.07, 6.45) is 0. The van der Waals surface area contributed by atoms with E-state index in [9.17, 15) is 4.79 Å². The molecule has 1 aromatic rings. The Morgan fingerprint density at radius 2 is 2.00 bits per heavy atom. The van der Waals surface area contributed by atoms with Crippen LogP contribution < -0.4 is 10.2 Å². The summed E-state index contributed by atoms with van der Waals surface area (Å²) in [5.41, 5.74) is 2.50. The summed E-state index contributed by atoms with van der Waals surface area (Å²) in [7, 11) is 1.82. The van der Waals surface area contributed by atoms with Gasteiger partial charge in [0.25, 0.3) is 5.91 Å². The first-order chi connectivity index (χ1) is 7.33. The molecule has 0 spiro atoms. The smallest absolute Gasteiger partial charge is 0.251 e. The normalized spacial score (nSPS) is 18.1. The first-order valence-electron chi connectivity index (χ1n) is 5.19. The molecule has 1 amide bonds. The molecular weight excluding hydrogens is 268 g/mol. The minimum Gasteiger partial charge on any atom is -0.370 e. The van der Waals surface area contributed by atoms with Crippen LogP contribution in [0.15, 0.2) is 16.6 Å². The van der Waals surface area contributed by atoms with E-state index in [2.05, 4.69) is 21.2 Å². The zero-order chi connectivity index (χ0) is 12.1. The lowest BCUT2D eigenvalue weighted by Crippen LogP contribution is -2.52. The van der Waals surface area contributed by atoms with Crippen LogP contribution in [0.25, 0.3) is 0 Å². The molecule has 0 saturated heterocycles. The lowest BCUT2D eigenvalue weighted by atomic mass is 9.97. The van der Waals surface area contributed by atoms with Crippen LogP contribution in [-0.4, -0.2) is 18.5 Å². The number of benzene rings is 1. The second kappa shape index (κ2) is 3.48. The number of carbonyl (C=O) groups excluding carboxylic acids is 1. The number of rotatable bonds is 0. The molecule has 0 fully saturated rings. The molecular formula is C12H15BrN2O. The summed E-state index contributed by atoms with van der Waals surface area (Å²) < 4.78 is 1.02. The largest absolute Gasteiger partial charge is 0.370 e. The van der Waals surface area contributed by atoms with Crippen molar-refractivity contribution in [1.82, 2.24) is 0 Å². The summed E-state index contributed by atoms with van der Waals surface area (Å²) in [6, 6.07) is 4.02. The molecule has 0 bridgehead atoms. The minimum absolute atomic E-state index is 0.0884. The fourth-order valence-corrected chi connectivity index (χ4v) is 2.76. The molecule has 86 valence electrons. The molecule has 0 aromatic heterocycles. The van der Waals surface area contributed by atoms with Crippen LogP contribution in [0.4, 0.5) is 11.4 Å².